The van der Waals surface area contributed by atoms with E-state index in [-0.39, 0.29) is 18.5 Å². The summed E-state index contributed by atoms with van der Waals surface area (Å²) in [7, 11) is -3.39. The lowest BCUT2D eigenvalue weighted by Gasteiger charge is -2.44. The van der Waals surface area contributed by atoms with Gasteiger partial charge in [-0.25, -0.2) is 8.42 Å². The lowest BCUT2D eigenvalue weighted by molar-refractivity contribution is -0.136. The highest BCUT2D eigenvalue weighted by molar-refractivity contribution is 7.88. The van der Waals surface area contributed by atoms with Gasteiger partial charge >= 0.3 is 0 Å². The number of nitrogens with zero attached hydrogens (tertiary/aromatic N) is 4. The number of aromatic nitrogens is 2. The summed E-state index contributed by atoms with van der Waals surface area (Å²) in [4.78, 5) is 18.3. The van der Waals surface area contributed by atoms with E-state index in [9.17, 15) is 13.2 Å². The molecule has 1 aromatic carbocycles. The topological polar surface area (TPSA) is 96.6 Å². The summed E-state index contributed by atoms with van der Waals surface area (Å²) in [5.74, 6) is 0.947. The van der Waals surface area contributed by atoms with Crippen LogP contribution in [-0.4, -0.2) is 65.6 Å². The lowest BCUT2D eigenvalue weighted by atomic mass is 10.0. The number of sulfonamides is 1. The number of carbonyl (C=O) groups is 1. The first kappa shape index (κ1) is 19.5. The van der Waals surface area contributed by atoms with E-state index in [1.165, 1.54) is 10.6 Å². The van der Waals surface area contributed by atoms with Crippen LogP contribution < -0.4 is 0 Å². The molecule has 0 aliphatic carbocycles. The van der Waals surface area contributed by atoms with Crippen molar-refractivity contribution < 1.29 is 17.7 Å². The van der Waals surface area contributed by atoms with Crippen molar-refractivity contribution >= 4 is 15.9 Å². The maximum Gasteiger partial charge on any atom is 0.227 e. The van der Waals surface area contributed by atoms with Crippen LogP contribution in [0.3, 0.4) is 0 Å². The molecule has 0 radical (unpaired) electrons. The number of carbonyl (C=O) groups excluding carboxylic acids is 1. The number of aryl methyl sites for hydroxylation is 2. The van der Waals surface area contributed by atoms with Gasteiger partial charge in [-0.2, -0.15) is 9.29 Å². The van der Waals surface area contributed by atoms with E-state index >= 15 is 0 Å². The zero-order valence-corrected chi connectivity index (χ0v) is 16.6. The first-order chi connectivity index (χ1) is 12.7. The molecule has 2 heterocycles. The van der Waals surface area contributed by atoms with Crippen molar-refractivity contribution in [1.29, 1.82) is 0 Å². The van der Waals surface area contributed by atoms with E-state index in [0.29, 0.717) is 37.6 Å². The first-order valence-electron chi connectivity index (χ1n) is 8.82. The van der Waals surface area contributed by atoms with Crippen LogP contribution in [0.15, 0.2) is 28.8 Å². The molecule has 1 saturated heterocycles. The molecule has 0 spiro atoms. The van der Waals surface area contributed by atoms with Crippen LogP contribution >= 0.6 is 0 Å². The molecule has 1 fully saturated rings. The van der Waals surface area contributed by atoms with E-state index in [2.05, 4.69) is 10.1 Å². The maximum atomic E-state index is 12.5. The lowest BCUT2D eigenvalue weighted by Crippen LogP contribution is -2.62. The van der Waals surface area contributed by atoms with Gasteiger partial charge in [-0.05, 0) is 18.1 Å². The number of hydrogen-bond acceptors (Lipinski definition) is 6. The Morgan fingerprint density at radius 3 is 2.59 bits per heavy atom. The summed E-state index contributed by atoms with van der Waals surface area (Å²) < 4.78 is 30.7. The van der Waals surface area contributed by atoms with Crippen molar-refractivity contribution in [3.05, 3.63) is 47.1 Å². The van der Waals surface area contributed by atoms with Gasteiger partial charge in [0, 0.05) is 33.0 Å². The van der Waals surface area contributed by atoms with Crippen LogP contribution in [0.1, 0.15) is 22.8 Å². The molecule has 0 N–H and O–H groups in total. The molecular formula is C18H24N4O4S. The molecule has 1 amide bonds. The van der Waals surface area contributed by atoms with Gasteiger partial charge in [0.2, 0.25) is 21.8 Å². The van der Waals surface area contributed by atoms with Crippen LogP contribution in [0.4, 0.5) is 0 Å². The SMILES string of the molecule is Cc1nc(CCN(C2CN(C(=O)Cc3ccccc3C)C2)S(C)(=O)=O)no1. The third kappa shape index (κ3) is 4.72. The molecule has 1 aromatic heterocycles. The Morgan fingerprint density at radius 1 is 1.30 bits per heavy atom. The van der Waals surface area contributed by atoms with Crippen LogP contribution in [0.5, 0.6) is 0 Å². The molecule has 9 heteroatoms. The molecule has 0 unspecified atom stereocenters. The zero-order valence-electron chi connectivity index (χ0n) is 15.8. The third-order valence-electron chi connectivity index (χ3n) is 4.78. The van der Waals surface area contributed by atoms with Gasteiger partial charge in [0.25, 0.3) is 0 Å². The van der Waals surface area contributed by atoms with E-state index in [1.54, 1.807) is 11.8 Å². The molecule has 8 nitrogen and oxygen atoms in total. The van der Waals surface area contributed by atoms with Crippen molar-refractivity contribution in [3.63, 3.8) is 0 Å². The molecule has 0 saturated carbocycles. The van der Waals surface area contributed by atoms with Gasteiger partial charge in [-0.3, -0.25) is 4.79 Å². The minimum atomic E-state index is -3.39. The van der Waals surface area contributed by atoms with Crippen molar-refractivity contribution in [2.24, 2.45) is 0 Å². The number of hydrogen-bond donors (Lipinski definition) is 0. The first-order valence-corrected chi connectivity index (χ1v) is 10.7. The summed E-state index contributed by atoms with van der Waals surface area (Å²) in [5.41, 5.74) is 2.08. The van der Waals surface area contributed by atoms with Gasteiger partial charge in [-0.15, -0.1) is 0 Å². The standard InChI is InChI=1S/C18H24N4O4S/c1-13-6-4-5-7-15(13)10-18(23)21-11-16(12-21)22(27(3,24)25)9-8-17-19-14(2)26-20-17/h4-7,16H,8-12H2,1-3H3. The Kier molecular flexibility index (Phi) is 5.61. The van der Waals surface area contributed by atoms with Crippen molar-refractivity contribution in [1.82, 2.24) is 19.3 Å². The van der Waals surface area contributed by atoms with Crippen molar-refractivity contribution in [3.8, 4) is 0 Å². The minimum Gasteiger partial charge on any atom is -0.340 e. The van der Waals surface area contributed by atoms with Crippen LogP contribution in [0.25, 0.3) is 0 Å². The van der Waals surface area contributed by atoms with Crippen molar-refractivity contribution in [2.45, 2.75) is 32.7 Å². The molecule has 0 bridgehead atoms. The smallest absolute Gasteiger partial charge is 0.227 e. The normalized spacial score (nSPS) is 15.2. The average Bonchev–Trinajstić information content (AvgIpc) is 2.95. The second-order valence-electron chi connectivity index (χ2n) is 6.91. The highest BCUT2D eigenvalue weighted by atomic mass is 32.2. The third-order valence-corrected chi connectivity index (χ3v) is 6.11. The molecule has 1 aliphatic rings. The fourth-order valence-electron chi connectivity index (χ4n) is 3.20. The summed E-state index contributed by atoms with van der Waals surface area (Å²) in [6, 6.07) is 7.57. The van der Waals surface area contributed by atoms with Crippen LogP contribution in [0, 0.1) is 13.8 Å². The summed E-state index contributed by atoms with van der Waals surface area (Å²) in [5, 5.41) is 3.80. The van der Waals surface area contributed by atoms with E-state index < -0.39 is 10.0 Å². The fourth-order valence-corrected chi connectivity index (χ4v) is 4.29. The Balaban J connectivity index is 1.57. The molecule has 2 aromatic rings. The van der Waals surface area contributed by atoms with Gasteiger partial charge < -0.3 is 9.42 Å². The van der Waals surface area contributed by atoms with Gasteiger partial charge in [-0.1, -0.05) is 29.4 Å². The van der Waals surface area contributed by atoms with Gasteiger partial charge in [0.05, 0.1) is 18.7 Å². The fraction of sp³-hybridized carbons (Fsp3) is 0.500. The van der Waals surface area contributed by atoms with E-state index in [1.807, 2.05) is 31.2 Å². The predicted molar refractivity (Wildman–Crippen MR) is 99.5 cm³/mol. The Bertz CT molecular complexity index is 919. The average molecular weight is 392 g/mol. The predicted octanol–water partition coefficient (Wildman–Crippen LogP) is 0.944. The maximum absolute atomic E-state index is 12.5. The Morgan fingerprint density at radius 2 is 2.00 bits per heavy atom. The van der Waals surface area contributed by atoms with Crippen molar-refractivity contribution in [2.75, 3.05) is 25.9 Å². The number of benzene rings is 1. The molecular weight excluding hydrogens is 368 g/mol. The van der Waals surface area contributed by atoms with Gasteiger partial charge in [0.1, 0.15) is 0 Å². The molecule has 146 valence electrons. The summed E-state index contributed by atoms with van der Waals surface area (Å²) >= 11 is 0. The summed E-state index contributed by atoms with van der Waals surface area (Å²) in [6.45, 7) is 4.75. The molecule has 0 atom stereocenters. The Hall–Kier alpha value is -2.26. The van der Waals surface area contributed by atoms with E-state index in [0.717, 1.165) is 11.1 Å². The number of likely N-dealkylation sites (tertiary alicyclic amines) is 1. The number of rotatable bonds is 7. The largest absolute Gasteiger partial charge is 0.340 e. The monoisotopic (exact) mass is 392 g/mol. The molecule has 1 aliphatic heterocycles. The highest BCUT2D eigenvalue weighted by Crippen LogP contribution is 2.20. The second kappa shape index (κ2) is 7.77. The molecule has 27 heavy (non-hydrogen) atoms. The molecule has 3 rings (SSSR count). The van der Waals surface area contributed by atoms with Gasteiger partial charge in [0.15, 0.2) is 5.82 Å². The zero-order chi connectivity index (χ0) is 19.6. The quantitative estimate of drug-likeness (QED) is 0.696. The number of amides is 1. The second-order valence-corrected chi connectivity index (χ2v) is 8.84. The highest BCUT2D eigenvalue weighted by Gasteiger charge is 2.38. The summed E-state index contributed by atoms with van der Waals surface area (Å²) in [6.07, 6.45) is 1.89. The van der Waals surface area contributed by atoms with Crippen LogP contribution in [0.2, 0.25) is 0 Å². The van der Waals surface area contributed by atoms with E-state index in [4.69, 9.17) is 4.52 Å². The van der Waals surface area contributed by atoms with Crippen LogP contribution in [-0.2, 0) is 27.7 Å². The minimum absolute atomic E-state index is 0.0165. The Labute approximate surface area is 159 Å².